The predicted octanol–water partition coefficient (Wildman–Crippen LogP) is 3.91. The lowest BCUT2D eigenvalue weighted by molar-refractivity contribution is 0.414. The molecule has 1 aromatic rings. The lowest BCUT2D eigenvalue weighted by Crippen LogP contribution is -2.38. The van der Waals surface area contributed by atoms with Crippen molar-refractivity contribution in [2.45, 2.75) is 65.0 Å². The van der Waals surface area contributed by atoms with Gasteiger partial charge in [-0.1, -0.05) is 32.3 Å². The van der Waals surface area contributed by atoms with Crippen LogP contribution in [0.25, 0.3) is 0 Å². The first-order valence-corrected chi connectivity index (χ1v) is 8.22. The highest BCUT2D eigenvalue weighted by molar-refractivity contribution is 5.49. The Kier molecular flexibility index (Phi) is 5.84. The van der Waals surface area contributed by atoms with Crippen molar-refractivity contribution in [3.05, 3.63) is 23.9 Å². The van der Waals surface area contributed by atoms with Crippen LogP contribution in [-0.4, -0.2) is 24.1 Å². The van der Waals surface area contributed by atoms with Gasteiger partial charge in [0.1, 0.15) is 5.82 Å². The number of nitrogens with zero attached hydrogens (tertiary/aromatic N) is 2. The zero-order valence-corrected chi connectivity index (χ0v) is 13.2. The van der Waals surface area contributed by atoms with Crippen LogP contribution < -0.4 is 10.2 Å². The van der Waals surface area contributed by atoms with Gasteiger partial charge in [0.2, 0.25) is 0 Å². The second-order valence-corrected chi connectivity index (χ2v) is 5.77. The molecule has 0 aliphatic heterocycles. The Labute approximate surface area is 123 Å². The minimum absolute atomic E-state index is 0.362. The summed E-state index contributed by atoms with van der Waals surface area (Å²) in [6.45, 7) is 8.69. The van der Waals surface area contributed by atoms with E-state index in [0.29, 0.717) is 12.1 Å². The molecule has 1 fully saturated rings. The van der Waals surface area contributed by atoms with Crippen molar-refractivity contribution in [3.63, 3.8) is 0 Å². The molecule has 1 aromatic heterocycles. The van der Waals surface area contributed by atoms with Crippen molar-refractivity contribution in [1.29, 1.82) is 0 Å². The Morgan fingerprint density at radius 3 is 2.70 bits per heavy atom. The third-order valence-electron chi connectivity index (χ3n) is 4.42. The van der Waals surface area contributed by atoms with Gasteiger partial charge < -0.3 is 10.2 Å². The zero-order chi connectivity index (χ0) is 14.4. The first-order valence-electron chi connectivity index (χ1n) is 8.22. The maximum atomic E-state index is 4.71. The number of rotatable bonds is 6. The Bertz CT molecular complexity index is 399. The standard InChI is InChI=1S/C17H29N3/c1-4-18-14(3)16-12-9-13-19-17(16)20(5-2)15-10-7-6-8-11-15/h9,12-15,18H,4-8,10-11H2,1-3H3. The van der Waals surface area contributed by atoms with Gasteiger partial charge >= 0.3 is 0 Å². The normalized spacial score (nSPS) is 17.9. The van der Waals surface area contributed by atoms with E-state index in [1.165, 1.54) is 43.5 Å². The predicted molar refractivity (Wildman–Crippen MR) is 86.2 cm³/mol. The van der Waals surface area contributed by atoms with E-state index in [9.17, 15) is 0 Å². The lowest BCUT2D eigenvalue weighted by Gasteiger charge is -2.36. The third-order valence-corrected chi connectivity index (χ3v) is 4.42. The molecule has 0 amide bonds. The summed E-state index contributed by atoms with van der Waals surface area (Å²) in [4.78, 5) is 7.24. The summed E-state index contributed by atoms with van der Waals surface area (Å²) in [6, 6.07) is 5.32. The van der Waals surface area contributed by atoms with Crippen LogP contribution in [-0.2, 0) is 0 Å². The van der Waals surface area contributed by atoms with Gasteiger partial charge in [0.15, 0.2) is 0 Å². The smallest absolute Gasteiger partial charge is 0.133 e. The van der Waals surface area contributed by atoms with E-state index < -0.39 is 0 Å². The van der Waals surface area contributed by atoms with Crippen LogP contribution in [0.5, 0.6) is 0 Å². The Morgan fingerprint density at radius 2 is 2.05 bits per heavy atom. The van der Waals surface area contributed by atoms with Crippen LogP contribution in [0, 0.1) is 0 Å². The maximum absolute atomic E-state index is 4.71. The fourth-order valence-corrected chi connectivity index (χ4v) is 3.38. The second kappa shape index (κ2) is 7.63. The maximum Gasteiger partial charge on any atom is 0.133 e. The molecule has 1 aliphatic rings. The Balaban J connectivity index is 2.24. The minimum atomic E-state index is 0.362. The van der Waals surface area contributed by atoms with Crippen molar-refractivity contribution in [3.8, 4) is 0 Å². The van der Waals surface area contributed by atoms with Gasteiger partial charge in [0.25, 0.3) is 0 Å². The Hall–Kier alpha value is -1.09. The van der Waals surface area contributed by atoms with Crippen LogP contribution >= 0.6 is 0 Å². The first-order chi connectivity index (χ1) is 9.77. The highest BCUT2D eigenvalue weighted by Crippen LogP contribution is 2.30. The van der Waals surface area contributed by atoms with E-state index in [0.717, 1.165) is 13.1 Å². The van der Waals surface area contributed by atoms with Crippen molar-refractivity contribution in [2.75, 3.05) is 18.0 Å². The molecule has 0 spiro atoms. The van der Waals surface area contributed by atoms with Crippen LogP contribution in [0.3, 0.4) is 0 Å². The first kappa shape index (κ1) is 15.3. The molecule has 2 rings (SSSR count). The molecular formula is C17H29N3. The highest BCUT2D eigenvalue weighted by atomic mass is 15.2. The molecular weight excluding hydrogens is 246 g/mol. The van der Waals surface area contributed by atoms with Gasteiger partial charge in [-0.2, -0.15) is 0 Å². The van der Waals surface area contributed by atoms with E-state index in [4.69, 9.17) is 4.98 Å². The van der Waals surface area contributed by atoms with Crippen LogP contribution in [0.2, 0.25) is 0 Å². The number of pyridine rings is 1. The zero-order valence-electron chi connectivity index (χ0n) is 13.2. The van der Waals surface area contributed by atoms with Crippen LogP contribution in [0.1, 0.15) is 64.5 Å². The lowest BCUT2D eigenvalue weighted by atomic mass is 9.93. The summed E-state index contributed by atoms with van der Waals surface area (Å²) < 4.78 is 0. The average molecular weight is 275 g/mol. The van der Waals surface area contributed by atoms with Gasteiger partial charge in [-0.05, 0) is 39.3 Å². The molecule has 1 heterocycles. The molecule has 0 radical (unpaired) electrons. The van der Waals surface area contributed by atoms with Gasteiger partial charge in [-0.3, -0.25) is 0 Å². The summed E-state index contributed by atoms with van der Waals surface area (Å²) in [5, 5.41) is 3.52. The SMILES string of the molecule is CCNC(C)c1cccnc1N(CC)C1CCCCC1. The van der Waals surface area contributed by atoms with Crippen molar-refractivity contribution >= 4 is 5.82 Å². The van der Waals surface area contributed by atoms with Crippen LogP contribution in [0.4, 0.5) is 5.82 Å². The molecule has 0 bridgehead atoms. The van der Waals surface area contributed by atoms with Gasteiger partial charge in [-0.15, -0.1) is 0 Å². The minimum Gasteiger partial charge on any atom is -0.354 e. The van der Waals surface area contributed by atoms with Crippen molar-refractivity contribution in [2.24, 2.45) is 0 Å². The molecule has 112 valence electrons. The number of aromatic nitrogens is 1. The molecule has 1 N–H and O–H groups in total. The summed E-state index contributed by atoms with van der Waals surface area (Å²) in [5.74, 6) is 1.19. The molecule has 3 nitrogen and oxygen atoms in total. The second-order valence-electron chi connectivity index (χ2n) is 5.77. The van der Waals surface area contributed by atoms with Crippen LogP contribution in [0.15, 0.2) is 18.3 Å². The van der Waals surface area contributed by atoms with E-state index in [-0.39, 0.29) is 0 Å². The summed E-state index contributed by atoms with van der Waals surface area (Å²) in [7, 11) is 0. The molecule has 3 heteroatoms. The molecule has 0 aromatic carbocycles. The number of hydrogen-bond donors (Lipinski definition) is 1. The molecule has 1 saturated carbocycles. The number of nitrogens with one attached hydrogen (secondary N) is 1. The Morgan fingerprint density at radius 1 is 1.30 bits per heavy atom. The summed E-state index contributed by atoms with van der Waals surface area (Å²) in [6.07, 6.45) is 8.71. The van der Waals surface area contributed by atoms with Gasteiger partial charge in [-0.25, -0.2) is 4.98 Å². The largest absolute Gasteiger partial charge is 0.354 e. The van der Waals surface area contributed by atoms with Crippen molar-refractivity contribution in [1.82, 2.24) is 10.3 Å². The van der Waals surface area contributed by atoms with Gasteiger partial charge in [0.05, 0.1) is 0 Å². The fraction of sp³-hybridized carbons (Fsp3) is 0.706. The molecule has 1 unspecified atom stereocenters. The fourth-order valence-electron chi connectivity index (χ4n) is 3.38. The molecule has 1 aliphatic carbocycles. The summed E-state index contributed by atoms with van der Waals surface area (Å²) in [5.41, 5.74) is 1.33. The monoisotopic (exact) mass is 275 g/mol. The van der Waals surface area contributed by atoms with E-state index in [2.05, 4.69) is 43.1 Å². The number of anilines is 1. The molecule has 1 atom stereocenters. The highest BCUT2D eigenvalue weighted by Gasteiger charge is 2.24. The van der Waals surface area contributed by atoms with E-state index in [1.807, 2.05) is 6.20 Å². The van der Waals surface area contributed by atoms with Crippen molar-refractivity contribution < 1.29 is 0 Å². The van der Waals surface area contributed by atoms with E-state index >= 15 is 0 Å². The number of hydrogen-bond acceptors (Lipinski definition) is 3. The van der Waals surface area contributed by atoms with E-state index in [1.54, 1.807) is 0 Å². The molecule has 0 saturated heterocycles. The topological polar surface area (TPSA) is 28.2 Å². The third kappa shape index (κ3) is 3.51. The van der Waals surface area contributed by atoms with Gasteiger partial charge in [0, 0.05) is 30.4 Å². The summed E-state index contributed by atoms with van der Waals surface area (Å²) >= 11 is 0. The average Bonchev–Trinajstić information content (AvgIpc) is 2.50. The quantitative estimate of drug-likeness (QED) is 0.853. The molecule has 20 heavy (non-hydrogen) atoms.